The van der Waals surface area contributed by atoms with Crippen molar-refractivity contribution in [2.45, 2.75) is 39.5 Å². The smallest absolute Gasteiger partial charge is 0.310 e. The number of hydrogen-bond acceptors (Lipinski definition) is 3. The first-order chi connectivity index (χ1) is 13.1. The predicted molar refractivity (Wildman–Crippen MR) is 107 cm³/mol. The van der Waals surface area contributed by atoms with Gasteiger partial charge < -0.3 is 14.2 Å². The lowest BCUT2D eigenvalue weighted by atomic mass is 10.1. The van der Waals surface area contributed by atoms with Crippen LogP contribution in [0.15, 0.2) is 48.8 Å². The standard InChI is InChI=1S/C22H30N2O3/c1-4-5-6-7-16-24(17-18(2)22(26)27-3)21(25)19-10-12-20(13-11-19)23-14-8-9-15-23/h8-15,18H,4-7,16-17H2,1-3H3. The average molecular weight is 370 g/mol. The molecule has 0 aliphatic carbocycles. The van der Waals surface area contributed by atoms with Gasteiger partial charge in [0, 0.05) is 36.7 Å². The minimum absolute atomic E-state index is 0.0405. The van der Waals surface area contributed by atoms with Gasteiger partial charge in [0.25, 0.3) is 5.91 Å². The normalized spacial score (nSPS) is 11.8. The fraction of sp³-hybridized carbons (Fsp3) is 0.455. The third kappa shape index (κ3) is 5.98. The molecule has 1 unspecified atom stereocenters. The van der Waals surface area contributed by atoms with Gasteiger partial charge in [-0.15, -0.1) is 0 Å². The highest BCUT2D eigenvalue weighted by Crippen LogP contribution is 2.14. The van der Waals surface area contributed by atoms with Crippen LogP contribution in [0.25, 0.3) is 5.69 Å². The largest absolute Gasteiger partial charge is 0.469 e. The molecule has 0 aliphatic rings. The number of carbonyl (C=O) groups excluding carboxylic acids is 2. The molecule has 1 amide bonds. The molecule has 146 valence electrons. The molecule has 5 nitrogen and oxygen atoms in total. The van der Waals surface area contributed by atoms with Crippen molar-refractivity contribution >= 4 is 11.9 Å². The molecule has 0 spiro atoms. The number of aromatic nitrogens is 1. The number of carbonyl (C=O) groups is 2. The number of nitrogens with zero attached hydrogens (tertiary/aromatic N) is 2. The molecule has 0 fully saturated rings. The van der Waals surface area contributed by atoms with E-state index < -0.39 is 0 Å². The van der Waals surface area contributed by atoms with Crippen LogP contribution in [0.1, 0.15) is 49.9 Å². The molecule has 2 aromatic rings. The maximum Gasteiger partial charge on any atom is 0.310 e. The highest BCUT2D eigenvalue weighted by molar-refractivity contribution is 5.94. The molecule has 5 heteroatoms. The highest BCUT2D eigenvalue weighted by Gasteiger charge is 2.22. The van der Waals surface area contributed by atoms with Crippen LogP contribution in [-0.2, 0) is 9.53 Å². The van der Waals surface area contributed by atoms with E-state index >= 15 is 0 Å². The summed E-state index contributed by atoms with van der Waals surface area (Å²) in [6.07, 6.45) is 8.26. The van der Waals surface area contributed by atoms with E-state index in [-0.39, 0.29) is 17.8 Å². The molecule has 0 aliphatic heterocycles. The van der Waals surface area contributed by atoms with E-state index in [1.165, 1.54) is 7.11 Å². The Hall–Kier alpha value is -2.56. The van der Waals surface area contributed by atoms with Crippen molar-refractivity contribution in [3.05, 3.63) is 54.4 Å². The van der Waals surface area contributed by atoms with Crippen LogP contribution in [-0.4, -0.2) is 41.5 Å². The third-order valence-corrected chi connectivity index (χ3v) is 4.68. The number of esters is 1. The van der Waals surface area contributed by atoms with Crippen molar-refractivity contribution in [1.82, 2.24) is 9.47 Å². The van der Waals surface area contributed by atoms with Gasteiger partial charge in [-0.05, 0) is 42.8 Å². The van der Waals surface area contributed by atoms with Crippen LogP contribution < -0.4 is 0 Å². The lowest BCUT2D eigenvalue weighted by molar-refractivity contribution is -0.145. The molecular weight excluding hydrogens is 340 g/mol. The number of rotatable bonds is 10. The zero-order valence-corrected chi connectivity index (χ0v) is 16.6. The first kappa shape index (κ1) is 20.7. The number of ether oxygens (including phenoxy) is 1. The van der Waals surface area contributed by atoms with Crippen LogP contribution >= 0.6 is 0 Å². The quantitative estimate of drug-likeness (QED) is 0.463. The summed E-state index contributed by atoms with van der Waals surface area (Å²) in [4.78, 5) is 26.6. The van der Waals surface area contributed by atoms with Crippen molar-refractivity contribution < 1.29 is 14.3 Å². The van der Waals surface area contributed by atoms with Gasteiger partial charge in [-0.2, -0.15) is 0 Å². The molecule has 2 rings (SSSR count). The van der Waals surface area contributed by atoms with E-state index in [9.17, 15) is 9.59 Å². The molecule has 1 aromatic carbocycles. The monoisotopic (exact) mass is 370 g/mol. The first-order valence-electron chi connectivity index (χ1n) is 9.67. The van der Waals surface area contributed by atoms with Gasteiger partial charge in [0.1, 0.15) is 0 Å². The number of methoxy groups -OCH3 is 1. The number of amides is 1. The number of unbranched alkanes of at least 4 members (excludes halogenated alkanes) is 3. The second-order valence-electron chi connectivity index (χ2n) is 6.87. The second kappa shape index (κ2) is 10.6. The molecular formula is C22H30N2O3. The minimum atomic E-state index is -0.343. The van der Waals surface area contributed by atoms with Crippen LogP contribution in [0.4, 0.5) is 0 Å². The molecule has 1 heterocycles. The Morgan fingerprint density at radius 1 is 1.07 bits per heavy atom. The first-order valence-corrected chi connectivity index (χ1v) is 9.67. The van der Waals surface area contributed by atoms with Gasteiger partial charge in [0.05, 0.1) is 13.0 Å². The predicted octanol–water partition coefficient (Wildman–Crippen LogP) is 4.31. The van der Waals surface area contributed by atoms with Crippen LogP contribution in [0.2, 0.25) is 0 Å². The SMILES string of the molecule is CCCCCCN(CC(C)C(=O)OC)C(=O)c1ccc(-n2cccc2)cc1. The van der Waals surface area contributed by atoms with E-state index in [0.29, 0.717) is 18.7 Å². The van der Waals surface area contributed by atoms with Crippen molar-refractivity contribution in [2.75, 3.05) is 20.2 Å². The Morgan fingerprint density at radius 3 is 2.33 bits per heavy atom. The van der Waals surface area contributed by atoms with Crippen molar-refractivity contribution in [3.8, 4) is 5.69 Å². The molecule has 1 atom stereocenters. The summed E-state index contributed by atoms with van der Waals surface area (Å²) >= 11 is 0. The van der Waals surface area contributed by atoms with Crippen molar-refractivity contribution in [2.24, 2.45) is 5.92 Å². The van der Waals surface area contributed by atoms with Gasteiger partial charge in [0.2, 0.25) is 0 Å². The van der Waals surface area contributed by atoms with Gasteiger partial charge in [0.15, 0.2) is 0 Å². The van der Waals surface area contributed by atoms with E-state index in [1.54, 1.807) is 11.8 Å². The molecule has 27 heavy (non-hydrogen) atoms. The third-order valence-electron chi connectivity index (χ3n) is 4.68. The topological polar surface area (TPSA) is 51.5 Å². The molecule has 0 saturated carbocycles. The molecule has 0 radical (unpaired) electrons. The average Bonchev–Trinajstić information content (AvgIpc) is 3.24. The summed E-state index contributed by atoms with van der Waals surface area (Å²) in [5, 5.41) is 0. The molecule has 0 N–H and O–H groups in total. The Kier molecular flexibility index (Phi) is 8.11. The summed E-state index contributed by atoms with van der Waals surface area (Å²) in [5.41, 5.74) is 1.65. The lowest BCUT2D eigenvalue weighted by Crippen LogP contribution is -2.38. The molecule has 1 aromatic heterocycles. The zero-order chi connectivity index (χ0) is 19.6. The summed E-state index contributed by atoms with van der Waals surface area (Å²) in [7, 11) is 1.38. The van der Waals surface area contributed by atoms with Gasteiger partial charge >= 0.3 is 5.97 Å². The Balaban J connectivity index is 2.09. The van der Waals surface area contributed by atoms with Gasteiger partial charge in [-0.25, -0.2) is 0 Å². The number of benzene rings is 1. The van der Waals surface area contributed by atoms with E-state index in [2.05, 4.69) is 6.92 Å². The van der Waals surface area contributed by atoms with Crippen molar-refractivity contribution in [3.63, 3.8) is 0 Å². The van der Waals surface area contributed by atoms with Gasteiger partial charge in [-0.1, -0.05) is 33.1 Å². The fourth-order valence-corrected chi connectivity index (χ4v) is 3.08. The van der Waals surface area contributed by atoms with Crippen LogP contribution in [0, 0.1) is 5.92 Å². The van der Waals surface area contributed by atoms with E-state index in [0.717, 1.165) is 31.4 Å². The Labute approximate surface area is 161 Å². The zero-order valence-electron chi connectivity index (χ0n) is 16.6. The van der Waals surface area contributed by atoms with Crippen LogP contribution in [0.3, 0.4) is 0 Å². The summed E-state index contributed by atoms with van der Waals surface area (Å²) < 4.78 is 6.81. The maximum absolute atomic E-state index is 13.0. The van der Waals surface area contributed by atoms with E-state index in [4.69, 9.17) is 4.74 Å². The minimum Gasteiger partial charge on any atom is -0.469 e. The summed E-state index contributed by atoms with van der Waals surface area (Å²) in [6, 6.07) is 11.5. The van der Waals surface area contributed by atoms with Crippen molar-refractivity contribution in [1.29, 1.82) is 0 Å². The number of hydrogen-bond donors (Lipinski definition) is 0. The van der Waals surface area contributed by atoms with E-state index in [1.807, 2.05) is 53.4 Å². The second-order valence-corrected chi connectivity index (χ2v) is 6.87. The maximum atomic E-state index is 13.0. The lowest BCUT2D eigenvalue weighted by Gasteiger charge is -2.25. The Morgan fingerprint density at radius 2 is 1.74 bits per heavy atom. The Bertz CT molecular complexity index is 708. The molecule has 0 saturated heterocycles. The van der Waals surface area contributed by atoms with Gasteiger partial charge in [-0.3, -0.25) is 9.59 Å². The highest BCUT2D eigenvalue weighted by atomic mass is 16.5. The fourth-order valence-electron chi connectivity index (χ4n) is 3.08. The van der Waals surface area contributed by atoms with Crippen LogP contribution in [0.5, 0.6) is 0 Å². The summed E-state index contributed by atoms with van der Waals surface area (Å²) in [6.45, 7) is 4.98. The molecule has 0 bridgehead atoms. The summed E-state index contributed by atoms with van der Waals surface area (Å²) in [5.74, 6) is -0.671.